The molecule has 8 heteroatoms. The van der Waals surface area contributed by atoms with Crippen molar-refractivity contribution >= 4 is 11.8 Å². The van der Waals surface area contributed by atoms with E-state index in [4.69, 9.17) is 4.74 Å². The van der Waals surface area contributed by atoms with Crippen LogP contribution >= 0.6 is 0 Å². The van der Waals surface area contributed by atoms with Crippen molar-refractivity contribution in [1.82, 2.24) is 20.0 Å². The zero-order valence-corrected chi connectivity index (χ0v) is 12.9. The summed E-state index contributed by atoms with van der Waals surface area (Å²) in [6.07, 6.45) is 2.82. The second kappa shape index (κ2) is 7.26. The molecule has 8 nitrogen and oxygen atoms in total. The zero-order valence-electron chi connectivity index (χ0n) is 12.9. The fourth-order valence-corrected chi connectivity index (χ4v) is 2.48. The second-order valence-corrected chi connectivity index (χ2v) is 5.39. The van der Waals surface area contributed by atoms with Crippen LogP contribution in [0.4, 0.5) is 0 Å². The predicted octanol–water partition coefficient (Wildman–Crippen LogP) is -0.582. The molecule has 1 aromatic heterocycles. The molecule has 1 saturated heterocycles. The average molecular weight is 310 g/mol. The van der Waals surface area contributed by atoms with Gasteiger partial charge < -0.3 is 20.1 Å². The maximum absolute atomic E-state index is 12.0. The standard InChI is InChI=1S/C14H22N4O4/c1-17-8-10(13(16-17)22-2)7-15-12(20)9-18-6-4-3-5-11(19)14(18)21/h8,11,19H,3-7,9H2,1-2H3,(H,15,20). The number of aryl methyl sites for hydroxylation is 1. The number of nitrogens with zero attached hydrogens (tertiary/aromatic N) is 3. The number of nitrogens with one attached hydrogen (secondary N) is 1. The number of aromatic nitrogens is 2. The van der Waals surface area contributed by atoms with E-state index in [1.807, 2.05) is 0 Å². The highest BCUT2D eigenvalue weighted by molar-refractivity contribution is 5.87. The van der Waals surface area contributed by atoms with Crippen LogP contribution < -0.4 is 10.1 Å². The van der Waals surface area contributed by atoms with Crippen LogP contribution in [0, 0.1) is 0 Å². The van der Waals surface area contributed by atoms with Crippen molar-refractivity contribution in [3.63, 3.8) is 0 Å². The second-order valence-electron chi connectivity index (χ2n) is 5.39. The highest BCUT2D eigenvalue weighted by Crippen LogP contribution is 2.14. The van der Waals surface area contributed by atoms with Crippen molar-refractivity contribution in [2.24, 2.45) is 7.05 Å². The summed E-state index contributed by atoms with van der Waals surface area (Å²) in [7, 11) is 3.29. The Kier molecular flexibility index (Phi) is 5.37. The smallest absolute Gasteiger partial charge is 0.251 e. The zero-order chi connectivity index (χ0) is 16.1. The van der Waals surface area contributed by atoms with Gasteiger partial charge in [0, 0.05) is 26.3 Å². The highest BCUT2D eigenvalue weighted by Gasteiger charge is 2.26. The molecule has 122 valence electrons. The first-order chi connectivity index (χ1) is 10.5. The van der Waals surface area contributed by atoms with E-state index in [2.05, 4.69) is 10.4 Å². The molecule has 0 aliphatic carbocycles. The molecule has 2 amide bonds. The first kappa shape index (κ1) is 16.3. The van der Waals surface area contributed by atoms with Gasteiger partial charge in [0.1, 0.15) is 6.10 Å². The largest absolute Gasteiger partial charge is 0.480 e. The van der Waals surface area contributed by atoms with Crippen LogP contribution in [-0.2, 0) is 23.2 Å². The summed E-state index contributed by atoms with van der Waals surface area (Å²) in [5.41, 5.74) is 0.764. The molecule has 1 atom stereocenters. The molecule has 1 fully saturated rings. The van der Waals surface area contributed by atoms with Gasteiger partial charge in [-0.2, -0.15) is 0 Å². The third-order valence-corrected chi connectivity index (χ3v) is 3.62. The SMILES string of the molecule is COc1nn(C)cc1CNC(=O)CN1CCCCC(O)C1=O. The molecular weight excluding hydrogens is 288 g/mol. The van der Waals surface area contributed by atoms with Crippen LogP contribution in [0.3, 0.4) is 0 Å². The summed E-state index contributed by atoms with van der Waals surface area (Å²) in [6.45, 7) is 0.735. The maximum Gasteiger partial charge on any atom is 0.251 e. The Morgan fingerprint density at radius 2 is 2.32 bits per heavy atom. The Bertz CT molecular complexity index is 543. The van der Waals surface area contributed by atoms with Gasteiger partial charge in [-0.25, -0.2) is 0 Å². The Hall–Kier alpha value is -2.09. The summed E-state index contributed by atoms with van der Waals surface area (Å²) in [4.78, 5) is 25.3. The number of hydrogen-bond acceptors (Lipinski definition) is 5. The van der Waals surface area contributed by atoms with Gasteiger partial charge in [-0.3, -0.25) is 14.3 Å². The number of ether oxygens (including phenoxy) is 1. The van der Waals surface area contributed by atoms with Gasteiger partial charge >= 0.3 is 0 Å². The van der Waals surface area contributed by atoms with Gasteiger partial charge in [0.2, 0.25) is 11.8 Å². The van der Waals surface area contributed by atoms with E-state index < -0.39 is 6.10 Å². The lowest BCUT2D eigenvalue weighted by Crippen LogP contribution is -2.44. The summed E-state index contributed by atoms with van der Waals surface area (Å²) in [5, 5.41) is 16.5. The molecule has 1 aromatic rings. The molecule has 0 saturated carbocycles. The topological polar surface area (TPSA) is 96.7 Å². The monoisotopic (exact) mass is 310 g/mol. The van der Waals surface area contributed by atoms with Crippen LogP contribution in [0.1, 0.15) is 24.8 Å². The van der Waals surface area contributed by atoms with Crippen molar-refractivity contribution in [3.05, 3.63) is 11.8 Å². The Labute approximate surface area is 129 Å². The third-order valence-electron chi connectivity index (χ3n) is 3.62. The normalized spacial score (nSPS) is 19.0. The van der Waals surface area contributed by atoms with E-state index in [9.17, 15) is 14.7 Å². The third kappa shape index (κ3) is 3.97. The van der Waals surface area contributed by atoms with E-state index in [1.165, 1.54) is 12.0 Å². The fraction of sp³-hybridized carbons (Fsp3) is 0.643. The van der Waals surface area contributed by atoms with Crippen LogP contribution in [0.15, 0.2) is 6.20 Å². The minimum absolute atomic E-state index is 0.0432. The average Bonchev–Trinajstić information content (AvgIpc) is 2.79. The summed E-state index contributed by atoms with van der Waals surface area (Å²) >= 11 is 0. The lowest BCUT2D eigenvalue weighted by Gasteiger charge is -2.21. The molecule has 2 N–H and O–H groups in total. The molecule has 0 bridgehead atoms. The summed E-state index contributed by atoms with van der Waals surface area (Å²) < 4.78 is 6.72. The highest BCUT2D eigenvalue weighted by atomic mass is 16.5. The molecule has 0 radical (unpaired) electrons. The van der Waals surface area contributed by atoms with E-state index in [1.54, 1.807) is 17.9 Å². The minimum Gasteiger partial charge on any atom is -0.480 e. The molecule has 22 heavy (non-hydrogen) atoms. The van der Waals surface area contributed by atoms with E-state index in [0.29, 0.717) is 18.8 Å². The number of aliphatic hydroxyl groups excluding tert-OH is 1. The first-order valence-corrected chi connectivity index (χ1v) is 7.31. The van der Waals surface area contributed by atoms with Gasteiger partial charge in [0.25, 0.3) is 5.91 Å². The summed E-state index contributed by atoms with van der Waals surface area (Å²) in [6, 6.07) is 0. The van der Waals surface area contributed by atoms with Crippen LogP contribution in [-0.4, -0.2) is 57.9 Å². The van der Waals surface area contributed by atoms with Crippen LogP contribution in [0.25, 0.3) is 0 Å². The van der Waals surface area contributed by atoms with E-state index >= 15 is 0 Å². The number of amides is 2. The molecule has 0 aromatic carbocycles. The van der Waals surface area contributed by atoms with Crippen LogP contribution in [0.2, 0.25) is 0 Å². The number of carbonyl (C=O) groups is 2. The Balaban J connectivity index is 1.88. The molecule has 0 spiro atoms. The van der Waals surface area contributed by atoms with Gasteiger partial charge in [0.15, 0.2) is 0 Å². The van der Waals surface area contributed by atoms with Crippen molar-refractivity contribution in [2.75, 3.05) is 20.2 Å². The molecule has 2 rings (SSSR count). The van der Waals surface area contributed by atoms with Crippen molar-refractivity contribution in [3.8, 4) is 5.88 Å². The molecule has 1 unspecified atom stereocenters. The maximum atomic E-state index is 12.0. The number of carbonyl (C=O) groups excluding carboxylic acids is 2. The first-order valence-electron chi connectivity index (χ1n) is 7.31. The lowest BCUT2D eigenvalue weighted by atomic mass is 10.2. The quantitative estimate of drug-likeness (QED) is 0.758. The van der Waals surface area contributed by atoms with Crippen molar-refractivity contribution in [2.45, 2.75) is 31.9 Å². The Morgan fingerprint density at radius 1 is 1.55 bits per heavy atom. The number of aliphatic hydroxyl groups is 1. The molecule has 2 heterocycles. The number of hydrogen-bond donors (Lipinski definition) is 2. The van der Waals surface area contributed by atoms with Crippen molar-refractivity contribution in [1.29, 1.82) is 0 Å². The minimum atomic E-state index is -0.992. The number of methoxy groups -OCH3 is 1. The van der Waals surface area contributed by atoms with Gasteiger partial charge in [-0.1, -0.05) is 0 Å². The molecule has 1 aliphatic heterocycles. The predicted molar refractivity (Wildman–Crippen MR) is 78.0 cm³/mol. The Morgan fingerprint density at radius 3 is 3.05 bits per heavy atom. The molecular formula is C14H22N4O4. The number of rotatable bonds is 5. The molecule has 1 aliphatic rings. The number of likely N-dealkylation sites (tertiary alicyclic amines) is 1. The van der Waals surface area contributed by atoms with Gasteiger partial charge in [-0.15, -0.1) is 5.10 Å². The van der Waals surface area contributed by atoms with Crippen LogP contribution in [0.5, 0.6) is 5.88 Å². The summed E-state index contributed by atoms with van der Waals surface area (Å²) in [5.74, 6) is -0.177. The van der Waals surface area contributed by atoms with Gasteiger partial charge in [-0.05, 0) is 19.3 Å². The van der Waals surface area contributed by atoms with E-state index in [0.717, 1.165) is 18.4 Å². The lowest BCUT2D eigenvalue weighted by molar-refractivity contribution is -0.142. The van der Waals surface area contributed by atoms with E-state index in [-0.39, 0.29) is 24.9 Å². The van der Waals surface area contributed by atoms with Crippen molar-refractivity contribution < 1.29 is 19.4 Å². The fourth-order valence-electron chi connectivity index (χ4n) is 2.48. The van der Waals surface area contributed by atoms with Gasteiger partial charge in [0.05, 0.1) is 19.2 Å².